The molecule has 0 saturated heterocycles. The van der Waals surface area contributed by atoms with Crippen molar-refractivity contribution in [3.63, 3.8) is 0 Å². The molecule has 4 nitrogen and oxygen atoms in total. The lowest BCUT2D eigenvalue weighted by Crippen LogP contribution is -2.08. The summed E-state index contributed by atoms with van der Waals surface area (Å²) in [6.07, 6.45) is 0.269. The molecular weight excluding hydrogens is 182 g/mol. The minimum absolute atomic E-state index is 0.269. The van der Waals surface area contributed by atoms with Gasteiger partial charge < -0.3 is 10.3 Å². The number of nitrogens with zero attached hydrogens (tertiary/aromatic N) is 1. The van der Waals surface area contributed by atoms with Gasteiger partial charge in [-0.25, -0.2) is 0 Å². The predicted octanol–water partition coefficient (Wildman–Crippen LogP) is 1.44. The third kappa shape index (κ3) is 1.16. The quantitative estimate of drug-likeness (QED) is 0.521. The van der Waals surface area contributed by atoms with E-state index < -0.39 is 11.9 Å². The first-order chi connectivity index (χ1) is 6.74. The van der Waals surface area contributed by atoms with Gasteiger partial charge >= 0.3 is 5.97 Å². The van der Waals surface area contributed by atoms with Crippen LogP contribution in [0.2, 0.25) is 0 Å². The largest absolute Gasteiger partial charge is 0.481 e. The van der Waals surface area contributed by atoms with Gasteiger partial charge in [0.15, 0.2) is 0 Å². The predicted molar refractivity (Wildman–Crippen MR) is 49.8 cm³/mol. The first-order valence-corrected chi connectivity index (χ1v) is 4.27. The van der Waals surface area contributed by atoms with E-state index in [4.69, 9.17) is 10.3 Å². The first kappa shape index (κ1) is 8.74. The number of carbonyl (C=O) groups is 1. The highest BCUT2D eigenvalue weighted by atomic mass is 16.4. The maximum atomic E-state index is 10.9. The van der Waals surface area contributed by atoms with Crippen LogP contribution in [0.25, 0.3) is 0 Å². The standard InChI is InChI=1S/C10H9NO3/c12-10(13)8-5-9(11-14)7-4-2-1-3-6(7)8/h1-4,8,14H,5H2,(H,12,13)/b11-9-. The second kappa shape index (κ2) is 3.14. The van der Waals surface area contributed by atoms with Crippen LogP contribution in [0, 0.1) is 0 Å². The molecule has 0 fully saturated rings. The topological polar surface area (TPSA) is 69.9 Å². The third-order valence-electron chi connectivity index (χ3n) is 2.46. The van der Waals surface area contributed by atoms with Crippen molar-refractivity contribution in [1.82, 2.24) is 0 Å². The van der Waals surface area contributed by atoms with E-state index >= 15 is 0 Å². The third-order valence-corrected chi connectivity index (χ3v) is 2.46. The van der Waals surface area contributed by atoms with Crippen molar-refractivity contribution >= 4 is 11.7 Å². The Morgan fingerprint density at radius 2 is 2.14 bits per heavy atom. The summed E-state index contributed by atoms with van der Waals surface area (Å²) < 4.78 is 0. The lowest BCUT2D eigenvalue weighted by atomic mass is 10.0. The van der Waals surface area contributed by atoms with Gasteiger partial charge in [0.05, 0.1) is 11.6 Å². The van der Waals surface area contributed by atoms with E-state index in [1.165, 1.54) is 0 Å². The van der Waals surface area contributed by atoms with Crippen LogP contribution >= 0.6 is 0 Å². The number of hydrogen-bond acceptors (Lipinski definition) is 3. The Kier molecular flexibility index (Phi) is 1.96. The van der Waals surface area contributed by atoms with Gasteiger partial charge in [0, 0.05) is 12.0 Å². The summed E-state index contributed by atoms with van der Waals surface area (Å²) >= 11 is 0. The Bertz CT molecular complexity index is 412. The molecule has 2 rings (SSSR count). The van der Waals surface area contributed by atoms with E-state index in [0.29, 0.717) is 5.71 Å². The van der Waals surface area contributed by atoms with Crippen molar-refractivity contribution in [2.45, 2.75) is 12.3 Å². The number of rotatable bonds is 1. The summed E-state index contributed by atoms with van der Waals surface area (Å²) in [7, 11) is 0. The average molecular weight is 191 g/mol. The normalized spacial score (nSPS) is 22.3. The number of benzene rings is 1. The van der Waals surface area contributed by atoms with Gasteiger partial charge in [-0.1, -0.05) is 29.4 Å². The maximum Gasteiger partial charge on any atom is 0.311 e. The van der Waals surface area contributed by atoms with Crippen LogP contribution in [0.15, 0.2) is 29.4 Å². The Morgan fingerprint density at radius 1 is 1.43 bits per heavy atom. The van der Waals surface area contributed by atoms with Gasteiger partial charge in [-0.2, -0.15) is 0 Å². The molecule has 0 saturated carbocycles. The highest BCUT2D eigenvalue weighted by Gasteiger charge is 2.32. The molecule has 4 heteroatoms. The van der Waals surface area contributed by atoms with Crippen LogP contribution in [-0.2, 0) is 4.79 Å². The SMILES string of the molecule is O=C(O)C1C/C(=N/O)c2ccccc21. The zero-order valence-electron chi connectivity index (χ0n) is 7.34. The number of oxime groups is 1. The Balaban J connectivity index is 2.54. The fourth-order valence-corrected chi connectivity index (χ4v) is 1.79. The van der Waals surface area contributed by atoms with E-state index in [0.717, 1.165) is 11.1 Å². The number of carboxylic acid groups (broad SMARTS) is 1. The molecule has 1 aromatic rings. The average Bonchev–Trinajstić information content (AvgIpc) is 2.56. The smallest absolute Gasteiger partial charge is 0.311 e. The van der Waals surface area contributed by atoms with Crippen molar-refractivity contribution in [1.29, 1.82) is 0 Å². The lowest BCUT2D eigenvalue weighted by Gasteiger charge is -2.02. The van der Waals surface area contributed by atoms with Crippen LogP contribution in [0.3, 0.4) is 0 Å². The van der Waals surface area contributed by atoms with Gasteiger partial charge in [-0.05, 0) is 5.56 Å². The minimum atomic E-state index is -0.879. The number of carboxylic acids is 1. The molecule has 0 radical (unpaired) electrons. The molecule has 0 amide bonds. The molecule has 1 aromatic carbocycles. The Hall–Kier alpha value is -1.84. The summed E-state index contributed by atoms with van der Waals surface area (Å²) in [5.41, 5.74) is 1.92. The number of hydrogen-bond donors (Lipinski definition) is 2. The van der Waals surface area contributed by atoms with Crippen molar-refractivity contribution in [3.8, 4) is 0 Å². The molecule has 1 aliphatic rings. The minimum Gasteiger partial charge on any atom is -0.481 e. The summed E-state index contributed by atoms with van der Waals surface area (Å²) in [4.78, 5) is 10.9. The van der Waals surface area contributed by atoms with Crippen molar-refractivity contribution in [3.05, 3.63) is 35.4 Å². The molecule has 72 valence electrons. The summed E-state index contributed by atoms with van der Waals surface area (Å²) in [6, 6.07) is 7.11. The molecule has 0 spiro atoms. The van der Waals surface area contributed by atoms with E-state index in [9.17, 15) is 4.79 Å². The van der Waals surface area contributed by atoms with Gasteiger partial charge in [0.2, 0.25) is 0 Å². The molecule has 1 unspecified atom stereocenters. The molecule has 1 aliphatic carbocycles. The van der Waals surface area contributed by atoms with Gasteiger partial charge in [-0.3, -0.25) is 4.79 Å². The van der Waals surface area contributed by atoms with Crippen LogP contribution in [0.4, 0.5) is 0 Å². The molecular formula is C10H9NO3. The zero-order chi connectivity index (χ0) is 10.1. The molecule has 0 aromatic heterocycles. The van der Waals surface area contributed by atoms with Crippen molar-refractivity contribution in [2.75, 3.05) is 0 Å². The van der Waals surface area contributed by atoms with E-state index in [-0.39, 0.29) is 6.42 Å². The first-order valence-electron chi connectivity index (χ1n) is 4.27. The number of aliphatic carboxylic acids is 1. The van der Waals surface area contributed by atoms with Crippen molar-refractivity contribution in [2.24, 2.45) is 5.16 Å². The van der Waals surface area contributed by atoms with Crippen LogP contribution in [0.1, 0.15) is 23.5 Å². The van der Waals surface area contributed by atoms with Crippen LogP contribution in [-0.4, -0.2) is 22.0 Å². The van der Waals surface area contributed by atoms with Crippen LogP contribution in [0.5, 0.6) is 0 Å². The molecule has 14 heavy (non-hydrogen) atoms. The lowest BCUT2D eigenvalue weighted by molar-refractivity contribution is -0.138. The molecule has 2 N–H and O–H groups in total. The summed E-state index contributed by atoms with van der Waals surface area (Å²) in [5.74, 6) is -1.45. The molecule has 0 aliphatic heterocycles. The second-order valence-electron chi connectivity index (χ2n) is 3.23. The number of fused-ring (bicyclic) bond motifs is 1. The van der Waals surface area contributed by atoms with Gasteiger partial charge in [0.25, 0.3) is 0 Å². The Labute approximate surface area is 80.5 Å². The van der Waals surface area contributed by atoms with Gasteiger partial charge in [0.1, 0.15) is 0 Å². The highest BCUT2D eigenvalue weighted by Crippen LogP contribution is 2.33. The highest BCUT2D eigenvalue weighted by molar-refractivity contribution is 6.08. The molecule has 0 bridgehead atoms. The zero-order valence-corrected chi connectivity index (χ0v) is 7.34. The fourth-order valence-electron chi connectivity index (χ4n) is 1.79. The summed E-state index contributed by atoms with van der Waals surface area (Å²) in [6.45, 7) is 0. The molecule has 1 atom stereocenters. The van der Waals surface area contributed by atoms with E-state index in [1.807, 2.05) is 0 Å². The fraction of sp³-hybridized carbons (Fsp3) is 0.200. The van der Waals surface area contributed by atoms with Crippen molar-refractivity contribution < 1.29 is 15.1 Å². The van der Waals surface area contributed by atoms with Gasteiger partial charge in [-0.15, -0.1) is 0 Å². The maximum absolute atomic E-state index is 10.9. The van der Waals surface area contributed by atoms with Crippen LogP contribution < -0.4 is 0 Å². The van der Waals surface area contributed by atoms with E-state index in [2.05, 4.69) is 5.16 Å². The summed E-state index contributed by atoms with van der Waals surface area (Å²) in [5, 5.41) is 20.8. The Morgan fingerprint density at radius 3 is 2.79 bits per heavy atom. The monoisotopic (exact) mass is 191 g/mol. The second-order valence-corrected chi connectivity index (χ2v) is 3.23. The molecule has 0 heterocycles. The van der Waals surface area contributed by atoms with E-state index in [1.54, 1.807) is 24.3 Å².